The number of esters is 2. The maximum absolute atomic E-state index is 13.1. The Morgan fingerprint density at radius 1 is 0.411 bits per heavy atom. The van der Waals surface area contributed by atoms with Crippen molar-refractivity contribution in [3.05, 3.63) is 0 Å². The molecule has 0 saturated carbocycles. The maximum atomic E-state index is 13.1. The summed E-state index contributed by atoms with van der Waals surface area (Å²) in [4.78, 5) is 52.0. The van der Waals surface area contributed by atoms with Crippen molar-refractivity contribution in [2.45, 2.75) is 258 Å². The average Bonchev–Trinajstić information content (AvgIpc) is 3.11. The molecule has 0 radical (unpaired) electrons. The van der Waals surface area contributed by atoms with Gasteiger partial charge in [0.15, 0.2) is 0 Å². The fourth-order valence-corrected chi connectivity index (χ4v) is 8.75. The van der Waals surface area contributed by atoms with Crippen LogP contribution < -0.4 is 10.6 Å². The lowest BCUT2D eigenvalue weighted by atomic mass is 10.0. The summed E-state index contributed by atoms with van der Waals surface area (Å²) in [7, 11) is 2.75. The number of hydrogen-bond donors (Lipinski definition) is 2. The lowest BCUT2D eigenvalue weighted by molar-refractivity contribution is -0.158. The highest BCUT2D eigenvalue weighted by Crippen LogP contribution is 2.25. The van der Waals surface area contributed by atoms with Crippen LogP contribution >= 0.6 is 21.6 Å². The van der Waals surface area contributed by atoms with E-state index in [9.17, 15) is 19.2 Å². The third-order valence-corrected chi connectivity index (χ3v) is 12.0. The Morgan fingerprint density at radius 3 is 0.875 bits per heavy atom. The Morgan fingerprint density at radius 2 is 0.643 bits per heavy atom. The van der Waals surface area contributed by atoms with Gasteiger partial charge in [-0.15, -0.1) is 0 Å². The monoisotopic (exact) mass is 829 g/mol. The molecule has 0 bridgehead atoms. The number of rotatable bonds is 37. The van der Waals surface area contributed by atoms with Crippen LogP contribution in [-0.4, -0.2) is 58.5 Å². The fraction of sp³-hybridized carbons (Fsp3) is 0.913. The van der Waals surface area contributed by atoms with Gasteiger partial charge in [-0.05, 0) is 54.4 Å². The molecule has 0 aliphatic carbocycles. The zero-order chi connectivity index (χ0) is 41.9. The SMILES string of the molecule is CCCCCCCCCCCCCCCC(=O)NC(CSSC[C@H](NC(=O)CCCCCCCCCCCCCCC)C(=O)OC(C)(C)C)C(=O)OC(C)(C)C. The summed E-state index contributed by atoms with van der Waals surface area (Å²) in [5.74, 6) is -0.697. The second-order valence-corrected chi connectivity index (χ2v) is 20.4. The maximum Gasteiger partial charge on any atom is 0.330 e. The van der Waals surface area contributed by atoms with Gasteiger partial charge < -0.3 is 20.1 Å². The van der Waals surface area contributed by atoms with Crippen LogP contribution in [0.15, 0.2) is 0 Å². The van der Waals surface area contributed by atoms with Gasteiger partial charge in [0.1, 0.15) is 23.3 Å². The molecule has 0 spiro atoms. The topological polar surface area (TPSA) is 111 Å². The minimum absolute atomic E-state index is 0.151. The van der Waals surface area contributed by atoms with Crippen molar-refractivity contribution in [2.75, 3.05) is 11.5 Å². The van der Waals surface area contributed by atoms with Crippen LogP contribution in [0.25, 0.3) is 0 Å². The second-order valence-electron chi connectivity index (χ2n) is 17.9. The lowest BCUT2D eigenvalue weighted by Crippen LogP contribution is -2.46. The summed E-state index contributed by atoms with van der Waals surface area (Å²) < 4.78 is 11.3. The summed E-state index contributed by atoms with van der Waals surface area (Å²) in [6.07, 6.45) is 33.0. The molecule has 2 N–H and O–H groups in total. The van der Waals surface area contributed by atoms with E-state index in [0.29, 0.717) is 12.8 Å². The number of amides is 2. The van der Waals surface area contributed by atoms with Crippen LogP contribution in [0.4, 0.5) is 0 Å². The standard InChI is InChI=1S/C46H88N2O6S2/c1-9-11-13-15-17-19-21-23-25-27-29-31-33-35-41(49)47-39(43(51)53-45(3,4)5)37-55-56-38-40(44(52)54-46(6,7)8)48-42(50)36-34-32-30-28-26-24-22-20-18-16-14-12-10-2/h39-40H,9-38H2,1-8H3,(H,47,49)(H,48,50)/t39-,40?/m0/s1. The quantitative estimate of drug-likeness (QED) is 0.0362. The first-order valence-corrected chi connectivity index (χ1v) is 25.5. The number of unbranched alkanes of at least 4 members (excludes halogenated alkanes) is 24. The molecule has 0 saturated heterocycles. The molecular formula is C46H88N2O6S2. The van der Waals surface area contributed by atoms with Crippen LogP contribution in [0, 0.1) is 0 Å². The van der Waals surface area contributed by atoms with E-state index in [-0.39, 0.29) is 23.3 Å². The van der Waals surface area contributed by atoms with Gasteiger partial charge in [0, 0.05) is 24.3 Å². The van der Waals surface area contributed by atoms with Crippen molar-refractivity contribution in [1.29, 1.82) is 0 Å². The van der Waals surface area contributed by atoms with E-state index in [0.717, 1.165) is 38.5 Å². The van der Waals surface area contributed by atoms with Crippen molar-refractivity contribution < 1.29 is 28.7 Å². The molecule has 1 unspecified atom stereocenters. The highest BCUT2D eigenvalue weighted by atomic mass is 33.1. The summed E-state index contributed by atoms with van der Waals surface area (Å²) in [6.45, 7) is 15.4. The zero-order valence-corrected chi connectivity index (χ0v) is 39.3. The molecule has 0 aromatic rings. The first kappa shape index (κ1) is 54.6. The first-order valence-electron chi connectivity index (χ1n) is 23.0. The largest absolute Gasteiger partial charge is 0.458 e. The smallest absolute Gasteiger partial charge is 0.330 e. The summed E-state index contributed by atoms with van der Waals surface area (Å²) >= 11 is 0. The molecule has 0 fully saturated rings. The summed E-state index contributed by atoms with van der Waals surface area (Å²) in [5, 5.41) is 5.81. The van der Waals surface area contributed by atoms with Crippen molar-refractivity contribution >= 4 is 45.3 Å². The van der Waals surface area contributed by atoms with Crippen LogP contribution in [0.1, 0.15) is 235 Å². The van der Waals surface area contributed by atoms with Crippen LogP contribution in [0.2, 0.25) is 0 Å². The number of carbonyl (C=O) groups is 4. The van der Waals surface area contributed by atoms with Gasteiger partial charge in [-0.1, -0.05) is 190 Å². The van der Waals surface area contributed by atoms with E-state index in [1.165, 1.54) is 150 Å². The van der Waals surface area contributed by atoms with Crippen molar-refractivity contribution in [2.24, 2.45) is 0 Å². The highest BCUT2D eigenvalue weighted by Gasteiger charge is 2.29. The number of nitrogens with one attached hydrogen (secondary N) is 2. The molecular weight excluding hydrogens is 741 g/mol. The molecule has 0 heterocycles. The first-order chi connectivity index (χ1) is 26.7. The average molecular weight is 829 g/mol. The van der Waals surface area contributed by atoms with Crippen molar-refractivity contribution in [1.82, 2.24) is 10.6 Å². The lowest BCUT2D eigenvalue weighted by Gasteiger charge is -2.25. The number of ether oxygens (including phenoxy) is 2. The number of carbonyl (C=O) groups excluding carboxylic acids is 4. The zero-order valence-electron chi connectivity index (χ0n) is 37.6. The van der Waals surface area contributed by atoms with Gasteiger partial charge in [-0.2, -0.15) is 0 Å². The van der Waals surface area contributed by atoms with E-state index in [4.69, 9.17) is 9.47 Å². The normalized spacial score (nSPS) is 12.9. The van der Waals surface area contributed by atoms with E-state index in [2.05, 4.69) is 24.5 Å². The van der Waals surface area contributed by atoms with Crippen LogP contribution in [0.3, 0.4) is 0 Å². The van der Waals surface area contributed by atoms with Gasteiger partial charge in [-0.25, -0.2) is 9.59 Å². The summed E-state index contributed by atoms with van der Waals surface area (Å²) in [6, 6.07) is -1.63. The molecule has 0 rings (SSSR count). The molecule has 0 aromatic carbocycles. The third-order valence-electron chi connectivity index (χ3n) is 9.62. The minimum atomic E-state index is -0.814. The summed E-state index contributed by atoms with van der Waals surface area (Å²) in [5.41, 5.74) is -1.38. The Labute approximate surface area is 353 Å². The fourth-order valence-electron chi connectivity index (χ4n) is 6.46. The molecule has 10 heteroatoms. The molecule has 330 valence electrons. The van der Waals surface area contributed by atoms with Gasteiger partial charge >= 0.3 is 11.9 Å². The van der Waals surface area contributed by atoms with E-state index in [1.807, 2.05) is 41.5 Å². The number of hydrogen-bond acceptors (Lipinski definition) is 8. The van der Waals surface area contributed by atoms with Gasteiger partial charge in [0.2, 0.25) is 11.8 Å². The molecule has 0 aromatic heterocycles. The van der Waals surface area contributed by atoms with E-state index >= 15 is 0 Å². The van der Waals surface area contributed by atoms with Gasteiger partial charge in [0.05, 0.1) is 0 Å². The van der Waals surface area contributed by atoms with E-state index < -0.39 is 35.2 Å². The molecule has 0 aliphatic heterocycles. The molecule has 8 nitrogen and oxygen atoms in total. The Kier molecular flexibility index (Phi) is 34.6. The third kappa shape index (κ3) is 36.9. The van der Waals surface area contributed by atoms with Crippen molar-refractivity contribution in [3.8, 4) is 0 Å². The minimum Gasteiger partial charge on any atom is -0.458 e. The molecule has 56 heavy (non-hydrogen) atoms. The Bertz CT molecular complexity index is 919. The molecule has 2 atom stereocenters. The second kappa shape index (κ2) is 35.5. The highest BCUT2D eigenvalue weighted by molar-refractivity contribution is 8.76. The predicted octanol–water partition coefficient (Wildman–Crippen LogP) is 13.0. The van der Waals surface area contributed by atoms with Gasteiger partial charge in [0.25, 0.3) is 0 Å². The van der Waals surface area contributed by atoms with Crippen LogP contribution in [0.5, 0.6) is 0 Å². The van der Waals surface area contributed by atoms with Crippen LogP contribution in [-0.2, 0) is 28.7 Å². The van der Waals surface area contributed by atoms with Gasteiger partial charge in [-0.3, -0.25) is 9.59 Å². The predicted molar refractivity (Wildman–Crippen MR) is 241 cm³/mol. The Hall–Kier alpha value is -1.42. The Balaban J connectivity index is 4.68. The van der Waals surface area contributed by atoms with Crippen molar-refractivity contribution in [3.63, 3.8) is 0 Å². The molecule has 2 amide bonds. The van der Waals surface area contributed by atoms with E-state index in [1.54, 1.807) is 0 Å². The molecule has 0 aliphatic rings.